The van der Waals surface area contributed by atoms with Crippen LogP contribution >= 0.6 is 0 Å². The lowest BCUT2D eigenvalue weighted by Gasteiger charge is -2.42. The van der Waals surface area contributed by atoms with Crippen molar-refractivity contribution in [2.45, 2.75) is 75.4 Å². The lowest BCUT2D eigenvalue weighted by atomic mass is 9.91. The monoisotopic (exact) mass is 399 g/mol. The maximum atomic E-state index is 13.2. The zero-order valence-electron chi connectivity index (χ0n) is 17.2. The highest BCUT2D eigenvalue weighted by atomic mass is 16.4. The van der Waals surface area contributed by atoms with Gasteiger partial charge in [-0.2, -0.15) is 0 Å². The number of benzene rings is 1. The van der Waals surface area contributed by atoms with Crippen molar-refractivity contribution >= 4 is 17.6 Å². The molecule has 0 aromatic heterocycles. The Balaban J connectivity index is 1.41. The van der Waals surface area contributed by atoms with E-state index in [0.29, 0.717) is 12.8 Å². The van der Waals surface area contributed by atoms with Gasteiger partial charge in [0.25, 0.3) is 0 Å². The fourth-order valence-electron chi connectivity index (χ4n) is 5.02. The minimum absolute atomic E-state index is 0.0279. The number of carbonyl (C=O) groups is 2. The minimum atomic E-state index is -0.887. The summed E-state index contributed by atoms with van der Waals surface area (Å²) in [4.78, 5) is 29.2. The van der Waals surface area contributed by atoms with E-state index in [1.165, 1.54) is 32.1 Å². The second-order valence-corrected chi connectivity index (χ2v) is 8.90. The molecule has 6 heteroatoms. The number of nitrogens with one attached hydrogen (secondary N) is 1. The third-order valence-corrected chi connectivity index (χ3v) is 7.00. The maximum absolute atomic E-state index is 13.2. The Labute approximate surface area is 173 Å². The summed E-state index contributed by atoms with van der Waals surface area (Å²) in [7, 11) is 0. The SMILES string of the molecule is O=C(CNC1(C(=O)O)CC1)N(c1ccccc1)C1CCN(C2CCCCC2)CC1. The molecule has 0 bridgehead atoms. The van der Waals surface area contributed by atoms with E-state index in [9.17, 15) is 14.7 Å². The molecule has 0 unspecified atom stereocenters. The van der Waals surface area contributed by atoms with E-state index >= 15 is 0 Å². The topological polar surface area (TPSA) is 72.9 Å². The van der Waals surface area contributed by atoms with E-state index in [1.807, 2.05) is 35.2 Å². The molecule has 6 nitrogen and oxygen atoms in total. The summed E-state index contributed by atoms with van der Waals surface area (Å²) in [6.45, 7) is 2.15. The summed E-state index contributed by atoms with van der Waals surface area (Å²) in [5.41, 5.74) is 0.0260. The highest BCUT2D eigenvalue weighted by molar-refractivity contribution is 5.96. The first kappa shape index (κ1) is 20.4. The van der Waals surface area contributed by atoms with Gasteiger partial charge in [-0.1, -0.05) is 37.5 Å². The molecule has 0 radical (unpaired) electrons. The molecule has 1 amide bonds. The largest absolute Gasteiger partial charge is 0.480 e. The van der Waals surface area contributed by atoms with Gasteiger partial charge in [0.15, 0.2) is 0 Å². The zero-order valence-corrected chi connectivity index (χ0v) is 17.2. The number of carboxylic acids is 1. The first-order valence-corrected chi connectivity index (χ1v) is 11.2. The molecule has 2 saturated carbocycles. The Morgan fingerprint density at radius 3 is 2.28 bits per heavy atom. The van der Waals surface area contributed by atoms with Crippen LogP contribution in [0.1, 0.15) is 57.8 Å². The Morgan fingerprint density at radius 2 is 1.69 bits per heavy atom. The number of para-hydroxylation sites is 1. The van der Waals surface area contributed by atoms with Gasteiger partial charge >= 0.3 is 5.97 Å². The van der Waals surface area contributed by atoms with Crippen LogP contribution in [0.3, 0.4) is 0 Å². The van der Waals surface area contributed by atoms with Crippen LogP contribution in [0, 0.1) is 0 Å². The summed E-state index contributed by atoms with van der Waals surface area (Å²) in [5.74, 6) is -0.878. The Morgan fingerprint density at radius 1 is 1.03 bits per heavy atom. The molecule has 158 valence electrons. The van der Waals surface area contributed by atoms with Gasteiger partial charge in [0.2, 0.25) is 5.91 Å². The highest BCUT2D eigenvalue weighted by Gasteiger charge is 2.50. The van der Waals surface area contributed by atoms with Crippen LogP contribution < -0.4 is 10.2 Å². The van der Waals surface area contributed by atoms with E-state index in [4.69, 9.17) is 0 Å². The van der Waals surface area contributed by atoms with Crippen molar-refractivity contribution in [3.63, 3.8) is 0 Å². The van der Waals surface area contributed by atoms with Crippen LogP contribution in [-0.4, -0.2) is 59.1 Å². The Hall–Kier alpha value is -1.92. The first-order chi connectivity index (χ1) is 14.1. The van der Waals surface area contributed by atoms with Crippen LogP contribution in [0.4, 0.5) is 5.69 Å². The maximum Gasteiger partial charge on any atom is 0.323 e. The molecule has 1 aromatic carbocycles. The van der Waals surface area contributed by atoms with Gasteiger partial charge in [-0.05, 0) is 50.7 Å². The van der Waals surface area contributed by atoms with E-state index in [2.05, 4.69) is 10.2 Å². The lowest BCUT2D eigenvalue weighted by Crippen LogP contribution is -2.53. The summed E-state index contributed by atoms with van der Waals surface area (Å²) < 4.78 is 0. The van der Waals surface area contributed by atoms with Crippen molar-refractivity contribution < 1.29 is 14.7 Å². The van der Waals surface area contributed by atoms with Crippen LogP contribution in [0.2, 0.25) is 0 Å². The van der Waals surface area contributed by atoms with Crippen molar-refractivity contribution in [3.05, 3.63) is 30.3 Å². The standard InChI is InChI=1S/C23H33N3O3/c27-21(17-24-23(13-14-23)22(28)29)26(19-9-5-2-6-10-19)20-11-15-25(16-12-20)18-7-3-1-4-8-18/h2,5-6,9-10,18,20,24H,1,3-4,7-8,11-17H2,(H,28,29). The smallest absolute Gasteiger partial charge is 0.323 e. The normalized spacial score (nSPS) is 22.9. The van der Waals surface area contributed by atoms with Gasteiger partial charge in [0.1, 0.15) is 5.54 Å². The van der Waals surface area contributed by atoms with Gasteiger partial charge in [-0.25, -0.2) is 0 Å². The number of aliphatic carboxylic acids is 1. The lowest BCUT2D eigenvalue weighted by molar-refractivity contribution is -0.140. The molecule has 2 aliphatic carbocycles. The summed E-state index contributed by atoms with van der Waals surface area (Å²) in [6, 6.07) is 10.7. The van der Waals surface area contributed by atoms with Gasteiger partial charge in [-0.3, -0.25) is 14.9 Å². The van der Waals surface area contributed by atoms with Gasteiger partial charge < -0.3 is 14.9 Å². The third-order valence-electron chi connectivity index (χ3n) is 7.00. The van der Waals surface area contributed by atoms with Crippen molar-refractivity contribution in [1.29, 1.82) is 0 Å². The quantitative estimate of drug-likeness (QED) is 0.737. The summed E-state index contributed by atoms with van der Waals surface area (Å²) >= 11 is 0. The minimum Gasteiger partial charge on any atom is -0.480 e. The van der Waals surface area contributed by atoms with E-state index in [0.717, 1.165) is 37.7 Å². The zero-order chi connectivity index (χ0) is 20.3. The second kappa shape index (κ2) is 8.84. The predicted octanol–water partition coefficient (Wildman–Crippen LogP) is 3.02. The fourth-order valence-corrected chi connectivity index (χ4v) is 5.02. The molecule has 1 saturated heterocycles. The molecule has 1 aromatic rings. The number of piperidine rings is 1. The van der Waals surface area contributed by atoms with Crippen LogP contribution in [0.5, 0.6) is 0 Å². The molecule has 0 atom stereocenters. The second-order valence-electron chi connectivity index (χ2n) is 8.90. The summed E-state index contributed by atoms with van der Waals surface area (Å²) in [6.07, 6.45) is 9.82. The molecule has 4 rings (SSSR count). The molecule has 3 aliphatic rings. The predicted molar refractivity (Wildman–Crippen MR) is 113 cm³/mol. The molecule has 1 heterocycles. The number of carboxylic acid groups (broad SMARTS) is 1. The number of rotatable bonds is 7. The van der Waals surface area contributed by atoms with E-state index in [1.54, 1.807) is 0 Å². The van der Waals surface area contributed by atoms with Crippen LogP contribution in [-0.2, 0) is 9.59 Å². The number of likely N-dealkylation sites (tertiary alicyclic amines) is 1. The van der Waals surface area contributed by atoms with E-state index in [-0.39, 0.29) is 18.5 Å². The fraction of sp³-hybridized carbons (Fsp3) is 0.652. The third kappa shape index (κ3) is 4.64. The van der Waals surface area contributed by atoms with Crippen molar-refractivity contribution in [3.8, 4) is 0 Å². The number of amides is 1. The number of nitrogens with zero attached hydrogens (tertiary/aromatic N) is 2. The van der Waals surface area contributed by atoms with Crippen molar-refractivity contribution in [2.75, 3.05) is 24.5 Å². The average Bonchev–Trinajstić information content (AvgIpc) is 3.56. The molecule has 1 aliphatic heterocycles. The van der Waals surface area contributed by atoms with Gasteiger partial charge in [-0.15, -0.1) is 0 Å². The number of hydrogen-bond donors (Lipinski definition) is 2. The summed E-state index contributed by atoms with van der Waals surface area (Å²) in [5, 5.41) is 12.4. The van der Waals surface area contributed by atoms with Crippen molar-refractivity contribution in [1.82, 2.24) is 10.2 Å². The number of carbonyl (C=O) groups excluding carboxylic acids is 1. The van der Waals surface area contributed by atoms with Gasteiger partial charge in [0, 0.05) is 30.9 Å². The molecule has 3 fully saturated rings. The molecule has 0 spiro atoms. The Bertz CT molecular complexity index is 705. The van der Waals surface area contributed by atoms with Crippen LogP contribution in [0.25, 0.3) is 0 Å². The van der Waals surface area contributed by atoms with E-state index < -0.39 is 11.5 Å². The van der Waals surface area contributed by atoms with Gasteiger partial charge in [0.05, 0.1) is 6.54 Å². The molecular formula is C23H33N3O3. The number of anilines is 1. The van der Waals surface area contributed by atoms with Crippen molar-refractivity contribution in [2.24, 2.45) is 0 Å². The average molecular weight is 400 g/mol. The molecule has 2 N–H and O–H groups in total. The first-order valence-electron chi connectivity index (χ1n) is 11.2. The highest BCUT2D eigenvalue weighted by Crippen LogP contribution is 2.35. The Kier molecular flexibility index (Phi) is 6.20. The van der Waals surface area contributed by atoms with Crippen LogP contribution in [0.15, 0.2) is 30.3 Å². The number of hydrogen-bond acceptors (Lipinski definition) is 4. The molecular weight excluding hydrogens is 366 g/mol. The molecule has 29 heavy (non-hydrogen) atoms.